The van der Waals surface area contributed by atoms with Crippen LogP contribution in [0.15, 0.2) is 108 Å². The van der Waals surface area contributed by atoms with E-state index >= 15 is 0 Å². The minimum atomic E-state index is -3.85. The van der Waals surface area contributed by atoms with E-state index in [1.165, 1.54) is 15.3 Å². The number of pyridine rings is 2. The van der Waals surface area contributed by atoms with E-state index in [1.807, 2.05) is 47.8 Å². The summed E-state index contributed by atoms with van der Waals surface area (Å²) in [5.41, 5.74) is 4.07. The van der Waals surface area contributed by atoms with Gasteiger partial charge in [-0.05, 0) is 60.4 Å². The SMILES string of the molecule is O=S(=O)(c1ccccc1)n1cc(-c2nc(-c3cccc(C4(O)CCc5cccnc54)c3)cs2)c2cccnc21. The molecule has 4 heterocycles. The Bertz CT molecular complexity index is 1970. The van der Waals surface area contributed by atoms with Gasteiger partial charge in [-0.2, -0.15) is 0 Å². The summed E-state index contributed by atoms with van der Waals surface area (Å²) in [6.07, 6.45) is 6.25. The van der Waals surface area contributed by atoms with Crippen molar-refractivity contribution < 1.29 is 13.5 Å². The Morgan fingerprint density at radius 2 is 1.74 bits per heavy atom. The van der Waals surface area contributed by atoms with Crippen LogP contribution in [-0.2, 0) is 22.0 Å². The van der Waals surface area contributed by atoms with Crippen molar-refractivity contribution in [3.8, 4) is 21.8 Å². The number of nitrogens with zero attached hydrogens (tertiary/aromatic N) is 4. The zero-order valence-corrected chi connectivity index (χ0v) is 22.2. The van der Waals surface area contributed by atoms with Crippen LogP contribution in [0.5, 0.6) is 0 Å². The van der Waals surface area contributed by atoms with Crippen LogP contribution in [0.1, 0.15) is 23.2 Å². The lowest BCUT2D eigenvalue weighted by Gasteiger charge is -2.24. The molecule has 4 aromatic heterocycles. The van der Waals surface area contributed by atoms with Gasteiger partial charge in [-0.1, -0.05) is 42.5 Å². The van der Waals surface area contributed by atoms with E-state index in [9.17, 15) is 13.5 Å². The first-order chi connectivity index (χ1) is 18.9. The number of aryl methyl sites for hydroxylation is 1. The first kappa shape index (κ1) is 23.9. The van der Waals surface area contributed by atoms with Crippen molar-refractivity contribution in [3.05, 3.63) is 120 Å². The number of thiazole rings is 1. The third-order valence-corrected chi connectivity index (χ3v) is 9.78. The molecule has 1 aliphatic carbocycles. The number of fused-ring (bicyclic) bond motifs is 2. The topological polar surface area (TPSA) is 98.0 Å². The molecule has 6 aromatic rings. The summed E-state index contributed by atoms with van der Waals surface area (Å²) >= 11 is 1.44. The number of aromatic nitrogens is 4. The van der Waals surface area contributed by atoms with Gasteiger partial charge >= 0.3 is 0 Å². The van der Waals surface area contributed by atoms with Gasteiger partial charge in [0.05, 0.1) is 16.3 Å². The van der Waals surface area contributed by atoms with Crippen molar-refractivity contribution in [1.29, 1.82) is 0 Å². The van der Waals surface area contributed by atoms with Crippen molar-refractivity contribution in [2.75, 3.05) is 0 Å². The molecular weight excluding hydrogens is 528 g/mol. The monoisotopic (exact) mass is 550 g/mol. The van der Waals surface area contributed by atoms with E-state index < -0.39 is 15.6 Å². The Balaban J connectivity index is 1.30. The van der Waals surface area contributed by atoms with Crippen LogP contribution in [-0.4, -0.2) is 32.4 Å². The van der Waals surface area contributed by atoms with Crippen molar-refractivity contribution >= 4 is 32.4 Å². The summed E-state index contributed by atoms with van der Waals surface area (Å²) in [5, 5.41) is 14.9. The van der Waals surface area contributed by atoms with Gasteiger partial charge in [0.1, 0.15) is 10.6 Å². The third-order valence-electron chi connectivity index (χ3n) is 7.24. The predicted molar refractivity (Wildman–Crippen MR) is 151 cm³/mol. The molecule has 0 aliphatic heterocycles. The molecule has 1 atom stereocenters. The minimum absolute atomic E-state index is 0.191. The summed E-state index contributed by atoms with van der Waals surface area (Å²) < 4.78 is 28.2. The van der Waals surface area contributed by atoms with Crippen molar-refractivity contribution in [2.45, 2.75) is 23.3 Å². The molecule has 1 unspecified atom stereocenters. The molecule has 7 nitrogen and oxygen atoms in total. The Kier molecular flexibility index (Phi) is 5.48. The van der Waals surface area contributed by atoms with Gasteiger partial charge in [-0.25, -0.2) is 22.4 Å². The van der Waals surface area contributed by atoms with Crippen molar-refractivity contribution in [1.82, 2.24) is 18.9 Å². The Morgan fingerprint density at radius 3 is 2.62 bits per heavy atom. The largest absolute Gasteiger partial charge is 0.379 e. The third kappa shape index (κ3) is 3.81. The molecule has 0 saturated heterocycles. The van der Waals surface area contributed by atoms with Crippen LogP contribution < -0.4 is 0 Å². The molecule has 39 heavy (non-hydrogen) atoms. The molecule has 0 amide bonds. The highest BCUT2D eigenvalue weighted by molar-refractivity contribution is 7.90. The normalized spacial score (nSPS) is 16.9. The van der Waals surface area contributed by atoms with Gasteiger partial charge in [0.2, 0.25) is 0 Å². The number of aliphatic hydroxyl groups is 1. The first-order valence-corrected chi connectivity index (χ1v) is 14.8. The fourth-order valence-electron chi connectivity index (χ4n) is 5.28. The second kappa shape index (κ2) is 8.94. The van der Waals surface area contributed by atoms with Crippen LogP contribution in [0.4, 0.5) is 0 Å². The molecule has 192 valence electrons. The van der Waals surface area contributed by atoms with E-state index in [0.29, 0.717) is 33.7 Å². The van der Waals surface area contributed by atoms with Crippen molar-refractivity contribution in [2.24, 2.45) is 0 Å². The van der Waals surface area contributed by atoms with E-state index in [4.69, 9.17) is 4.98 Å². The maximum absolute atomic E-state index is 13.5. The quantitative estimate of drug-likeness (QED) is 0.298. The lowest BCUT2D eigenvalue weighted by Crippen LogP contribution is -2.25. The van der Waals surface area contributed by atoms with Crippen LogP contribution in [0.25, 0.3) is 32.9 Å². The second-order valence-corrected chi connectivity index (χ2v) is 12.2. The molecule has 0 radical (unpaired) electrons. The molecule has 2 aromatic carbocycles. The maximum Gasteiger partial charge on any atom is 0.269 e. The molecule has 0 fully saturated rings. The predicted octanol–water partition coefficient (Wildman–Crippen LogP) is 5.64. The summed E-state index contributed by atoms with van der Waals surface area (Å²) in [6, 6.07) is 23.7. The smallest absolute Gasteiger partial charge is 0.269 e. The highest BCUT2D eigenvalue weighted by atomic mass is 32.2. The fraction of sp³-hybridized carbons (Fsp3) is 0.100. The van der Waals surface area contributed by atoms with Gasteiger partial charge in [-0.3, -0.25) is 4.98 Å². The zero-order valence-electron chi connectivity index (χ0n) is 20.6. The standard InChI is InChI=1S/C30H22N4O3S2/c35-30(14-13-20-8-5-15-31-27(20)30)22-9-4-7-21(17-22)26-19-38-29(33-26)25-18-34(28-24(25)12-6-16-32-28)39(36,37)23-10-2-1-3-11-23/h1-12,15-19,35H,13-14H2. The molecule has 1 N–H and O–H groups in total. The fourth-order valence-corrected chi connectivity index (χ4v) is 7.48. The Hall–Kier alpha value is -4.18. The average Bonchev–Trinajstić information content (AvgIpc) is 3.70. The molecular formula is C30H22N4O3S2. The van der Waals surface area contributed by atoms with E-state index in [2.05, 4.69) is 9.97 Å². The maximum atomic E-state index is 13.5. The van der Waals surface area contributed by atoms with E-state index in [0.717, 1.165) is 28.8 Å². The Labute approximate surface area is 229 Å². The molecule has 0 saturated carbocycles. The van der Waals surface area contributed by atoms with Crippen LogP contribution in [0, 0.1) is 0 Å². The highest BCUT2D eigenvalue weighted by Crippen LogP contribution is 2.42. The van der Waals surface area contributed by atoms with Crippen LogP contribution in [0.3, 0.4) is 0 Å². The molecule has 1 aliphatic rings. The van der Waals surface area contributed by atoms with Crippen LogP contribution in [0.2, 0.25) is 0 Å². The molecule has 7 rings (SSSR count). The lowest BCUT2D eigenvalue weighted by atomic mass is 9.89. The first-order valence-electron chi connectivity index (χ1n) is 12.5. The van der Waals surface area contributed by atoms with Gasteiger partial charge in [0.15, 0.2) is 5.65 Å². The number of benzene rings is 2. The van der Waals surface area contributed by atoms with Gasteiger partial charge in [0, 0.05) is 40.5 Å². The molecule has 0 spiro atoms. The molecule has 0 bridgehead atoms. The summed E-state index contributed by atoms with van der Waals surface area (Å²) in [7, 11) is -3.85. The van der Waals surface area contributed by atoms with E-state index in [1.54, 1.807) is 55.0 Å². The number of rotatable bonds is 5. The zero-order chi connectivity index (χ0) is 26.6. The lowest BCUT2D eigenvalue weighted by molar-refractivity contribution is 0.0788. The summed E-state index contributed by atoms with van der Waals surface area (Å²) in [6.45, 7) is 0. The average molecular weight is 551 g/mol. The molecule has 9 heteroatoms. The van der Waals surface area contributed by atoms with Crippen LogP contribution >= 0.6 is 11.3 Å². The highest BCUT2D eigenvalue weighted by Gasteiger charge is 2.39. The number of hydrogen-bond acceptors (Lipinski definition) is 7. The summed E-state index contributed by atoms with van der Waals surface area (Å²) in [5.74, 6) is 0. The minimum Gasteiger partial charge on any atom is -0.379 e. The van der Waals surface area contributed by atoms with Gasteiger partial charge < -0.3 is 5.11 Å². The van der Waals surface area contributed by atoms with Gasteiger partial charge in [-0.15, -0.1) is 11.3 Å². The summed E-state index contributed by atoms with van der Waals surface area (Å²) in [4.78, 5) is 14.0. The van der Waals surface area contributed by atoms with E-state index in [-0.39, 0.29) is 4.90 Å². The van der Waals surface area contributed by atoms with Crippen molar-refractivity contribution in [3.63, 3.8) is 0 Å². The Morgan fingerprint density at radius 1 is 0.923 bits per heavy atom. The van der Waals surface area contributed by atoms with Gasteiger partial charge in [0.25, 0.3) is 10.0 Å². The number of hydrogen-bond donors (Lipinski definition) is 1. The second-order valence-electron chi connectivity index (χ2n) is 9.52.